The van der Waals surface area contributed by atoms with Crippen LogP contribution >= 0.6 is 0 Å². The maximum atomic E-state index is 12.3. The third-order valence-corrected chi connectivity index (χ3v) is 5.13. The van der Waals surface area contributed by atoms with Crippen molar-refractivity contribution in [2.24, 2.45) is 11.8 Å². The number of fused-ring (bicyclic) bond motifs is 1. The Morgan fingerprint density at radius 1 is 0.958 bits per heavy atom. The fourth-order valence-electron chi connectivity index (χ4n) is 3.96. The van der Waals surface area contributed by atoms with E-state index < -0.39 is 0 Å². The highest BCUT2D eigenvalue weighted by atomic mass is 16.6. The Kier molecular flexibility index (Phi) is 4.22. The highest BCUT2D eigenvalue weighted by Gasteiger charge is 2.39. The van der Waals surface area contributed by atoms with Crippen LogP contribution in [0.15, 0.2) is 54.6 Å². The largest absolute Gasteiger partial charge is 0.446 e. The summed E-state index contributed by atoms with van der Waals surface area (Å²) >= 11 is 0. The van der Waals surface area contributed by atoms with Gasteiger partial charge in [0.2, 0.25) is 0 Å². The number of hydrogen-bond acceptors (Lipinski definition) is 3. The van der Waals surface area contributed by atoms with Crippen LogP contribution in [-0.2, 0) is 4.74 Å². The van der Waals surface area contributed by atoms with Crippen LogP contribution in [0.5, 0.6) is 0 Å². The van der Waals surface area contributed by atoms with Crippen LogP contribution in [0.2, 0.25) is 0 Å². The molecule has 4 nitrogen and oxygen atoms in total. The molecule has 0 radical (unpaired) electrons. The van der Waals surface area contributed by atoms with Crippen molar-refractivity contribution in [2.75, 3.05) is 18.4 Å². The van der Waals surface area contributed by atoms with E-state index in [4.69, 9.17) is 4.74 Å². The van der Waals surface area contributed by atoms with Gasteiger partial charge in [-0.15, -0.1) is 0 Å². The Bertz CT molecular complexity index is 705. The molecule has 2 aromatic carbocycles. The second-order valence-corrected chi connectivity index (χ2v) is 6.71. The number of ether oxygens (including phenoxy) is 1. The van der Waals surface area contributed by atoms with E-state index in [1.807, 2.05) is 54.6 Å². The minimum Gasteiger partial charge on any atom is -0.446 e. The topological polar surface area (TPSA) is 50.4 Å². The van der Waals surface area contributed by atoms with Gasteiger partial charge >= 0.3 is 6.09 Å². The van der Waals surface area contributed by atoms with Crippen LogP contribution in [0.25, 0.3) is 11.1 Å². The molecule has 2 fully saturated rings. The lowest BCUT2D eigenvalue weighted by Crippen LogP contribution is -2.23. The fourth-order valence-corrected chi connectivity index (χ4v) is 3.96. The van der Waals surface area contributed by atoms with E-state index in [9.17, 15) is 4.79 Å². The normalized spacial score (nSPS) is 25.2. The van der Waals surface area contributed by atoms with Crippen LogP contribution in [0.1, 0.15) is 12.8 Å². The molecule has 2 aromatic rings. The van der Waals surface area contributed by atoms with Crippen molar-refractivity contribution in [3.63, 3.8) is 0 Å². The van der Waals surface area contributed by atoms with E-state index >= 15 is 0 Å². The Morgan fingerprint density at radius 2 is 1.62 bits per heavy atom. The van der Waals surface area contributed by atoms with E-state index in [0.717, 1.165) is 42.7 Å². The number of amides is 1. The van der Waals surface area contributed by atoms with Crippen LogP contribution in [0.4, 0.5) is 10.5 Å². The quantitative estimate of drug-likeness (QED) is 0.901. The summed E-state index contributed by atoms with van der Waals surface area (Å²) in [7, 11) is 0. The van der Waals surface area contributed by atoms with Gasteiger partial charge in [0.05, 0.1) is 5.69 Å². The molecule has 1 amide bonds. The van der Waals surface area contributed by atoms with Crippen LogP contribution in [0.3, 0.4) is 0 Å². The SMILES string of the molecule is O=C(Nc1ccccc1-c1ccccc1)OC1CC2CNC[C@@H]2C1. The molecule has 0 spiro atoms. The third-order valence-electron chi connectivity index (χ3n) is 5.13. The van der Waals surface area contributed by atoms with Crippen molar-refractivity contribution < 1.29 is 9.53 Å². The smallest absolute Gasteiger partial charge is 0.411 e. The molecule has 2 N–H and O–H groups in total. The molecular formula is C20H22N2O2. The van der Waals surface area contributed by atoms with Gasteiger partial charge in [0.25, 0.3) is 0 Å². The number of para-hydroxylation sites is 1. The average molecular weight is 322 g/mol. The van der Waals surface area contributed by atoms with Crippen LogP contribution in [0, 0.1) is 11.8 Å². The molecule has 1 aliphatic carbocycles. The maximum Gasteiger partial charge on any atom is 0.411 e. The summed E-state index contributed by atoms with van der Waals surface area (Å²) in [6.07, 6.45) is 1.65. The molecule has 124 valence electrons. The number of nitrogens with one attached hydrogen (secondary N) is 2. The van der Waals surface area contributed by atoms with Gasteiger partial charge in [-0.2, -0.15) is 0 Å². The predicted octanol–water partition coefficient (Wildman–Crippen LogP) is 3.90. The Morgan fingerprint density at radius 3 is 2.38 bits per heavy atom. The zero-order valence-electron chi connectivity index (χ0n) is 13.6. The number of anilines is 1. The molecule has 24 heavy (non-hydrogen) atoms. The summed E-state index contributed by atoms with van der Waals surface area (Å²) < 4.78 is 5.66. The number of rotatable bonds is 3. The molecule has 1 aliphatic heterocycles. The van der Waals surface area contributed by atoms with E-state index in [1.54, 1.807) is 0 Å². The molecule has 1 saturated carbocycles. The van der Waals surface area contributed by atoms with Gasteiger partial charge in [-0.05, 0) is 49.4 Å². The number of carbonyl (C=O) groups is 1. The molecule has 0 aromatic heterocycles. The summed E-state index contributed by atoms with van der Waals surface area (Å²) in [5, 5.41) is 6.33. The van der Waals surface area contributed by atoms with Crippen molar-refractivity contribution >= 4 is 11.8 Å². The zero-order chi connectivity index (χ0) is 16.4. The van der Waals surface area contributed by atoms with E-state index in [2.05, 4.69) is 10.6 Å². The minimum absolute atomic E-state index is 0.0472. The van der Waals surface area contributed by atoms with Crippen molar-refractivity contribution in [1.82, 2.24) is 5.32 Å². The van der Waals surface area contributed by atoms with E-state index in [0.29, 0.717) is 11.8 Å². The predicted molar refractivity (Wildman–Crippen MR) is 94.9 cm³/mol. The summed E-state index contributed by atoms with van der Waals surface area (Å²) in [4.78, 5) is 12.3. The van der Waals surface area contributed by atoms with Crippen molar-refractivity contribution in [3.8, 4) is 11.1 Å². The molecule has 3 atom stereocenters. The van der Waals surface area contributed by atoms with Gasteiger partial charge in [0.15, 0.2) is 0 Å². The zero-order valence-corrected chi connectivity index (χ0v) is 13.6. The number of benzene rings is 2. The molecule has 2 unspecified atom stereocenters. The second kappa shape index (κ2) is 6.65. The summed E-state index contributed by atoms with van der Waals surface area (Å²) in [6, 6.07) is 17.9. The lowest BCUT2D eigenvalue weighted by Gasteiger charge is -2.15. The number of hydrogen-bond donors (Lipinski definition) is 2. The molecule has 1 heterocycles. The first-order valence-corrected chi connectivity index (χ1v) is 8.62. The first-order valence-electron chi connectivity index (χ1n) is 8.62. The van der Waals surface area contributed by atoms with Crippen LogP contribution in [-0.4, -0.2) is 25.3 Å². The molecule has 1 saturated heterocycles. The van der Waals surface area contributed by atoms with Crippen LogP contribution < -0.4 is 10.6 Å². The van der Waals surface area contributed by atoms with Crippen molar-refractivity contribution in [1.29, 1.82) is 0 Å². The molecular weight excluding hydrogens is 300 g/mol. The first-order chi connectivity index (χ1) is 11.8. The van der Waals surface area contributed by atoms with Gasteiger partial charge in [-0.1, -0.05) is 48.5 Å². The summed E-state index contributed by atoms with van der Waals surface area (Å²) in [5.74, 6) is 1.33. The first kappa shape index (κ1) is 15.2. The highest BCUT2D eigenvalue weighted by Crippen LogP contribution is 2.36. The average Bonchev–Trinajstić information content (AvgIpc) is 3.17. The lowest BCUT2D eigenvalue weighted by molar-refractivity contribution is 0.110. The van der Waals surface area contributed by atoms with E-state index in [-0.39, 0.29) is 12.2 Å². The standard InChI is InChI=1S/C20H22N2O2/c23-20(24-17-10-15-12-21-13-16(15)11-17)22-19-9-5-4-8-18(19)14-6-2-1-3-7-14/h1-9,15-17,21H,10-13H2,(H,22,23)/t15-,16?,17?/m0/s1. The maximum absolute atomic E-state index is 12.3. The lowest BCUT2D eigenvalue weighted by atomic mass is 10.0. The Hall–Kier alpha value is -2.33. The van der Waals surface area contributed by atoms with Crippen molar-refractivity contribution in [2.45, 2.75) is 18.9 Å². The van der Waals surface area contributed by atoms with Gasteiger partial charge in [0, 0.05) is 5.56 Å². The van der Waals surface area contributed by atoms with Gasteiger partial charge in [-0.25, -0.2) is 4.79 Å². The van der Waals surface area contributed by atoms with Crippen molar-refractivity contribution in [3.05, 3.63) is 54.6 Å². The summed E-state index contributed by atoms with van der Waals surface area (Å²) in [6.45, 7) is 2.12. The monoisotopic (exact) mass is 322 g/mol. The minimum atomic E-state index is -0.351. The number of carbonyl (C=O) groups excluding carboxylic acids is 1. The van der Waals surface area contributed by atoms with Gasteiger partial charge in [-0.3, -0.25) is 5.32 Å². The molecule has 4 rings (SSSR count). The Labute approximate surface area is 142 Å². The fraction of sp³-hybridized carbons (Fsp3) is 0.350. The molecule has 4 heteroatoms. The highest BCUT2D eigenvalue weighted by molar-refractivity contribution is 5.91. The van der Waals surface area contributed by atoms with Gasteiger partial charge < -0.3 is 10.1 Å². The molecule has 0 bridgehead atoms. The second-order valence-electron chi connectivity index (χ2n) is 6.71. The Balaban J connectivity index is 1.43. The van der Waals surface area contributed by atoms with Gasteiger partial charge in [0.1, 0.15) is 6.10 Å². The van der Waals surface area contributed by atoms with E-state index in [1.165, 1.54) is 0 Å². The third kappa shape index (κ3) is 3.15. The summed E-state index contributed by atoms with van der Waals surface area (Å²) in [5.41, 5.74) is 2.87. The molecule has 2 aliphatic rings.